The van der Waals surface area contributed by atoms with Crippen LogP contribution in [-0.4, -0.2) is 44.1 Å². The Kier molecular flexibility index (Phi) is 5.88. The zero-order valence-electron chi connectivity index (χ0n) is 16.7. The highest BCUT2D eigenvalue weighted by Gasteiger charge is 2.29. The van der Waals surface area contributed by atoms with Gasteiger partial charge in [0.05, 0.1) is 0 Å². The quantitative estimate of drug-likeness (QED) is 0.825. The number of amides is 1. The third-order valence-corrected chi connectivity index (χ3v) is 6.06. The summed E-state index contributed by atoms with van der Waals surface area (Å²) < 4.78 is 0. The molecule has 2 aromatic heterocycles. The minimum atomic E-state index is 0.284. The number of anilines is 2. The van der Waals surface area contributed by atoms with Gasteiger partial charge in [0.25, 0.3) is 0 Å². The number of nitrogens with one attached hydrogen (secondary N) is 2. The molecule has 3 heterocycles. The lowest BCUT2D eigenvalue weighted by Gasteiger charge is -2.35. The van der Waals surface area contributed by atoms with E-state index in [1.165, 1.54) is 19.3 Å². The summed E-state index contributed by atoms with van der Waals surface area (Å²) in [4.78, 5) is 23.6. The maximum atomic E-state index is 12.7. The van der Waals surface area contributed by atoms with E-state index in [1.807, 2.05) is 19.1 Å². The van der Waals surface area contributed by atoms with Gasteiger partial charge in [0.15, 0.2) is 5.82 Å². The zero-order valence-corrected chi connectivity index (χ0v) is 16.7. The molecule has 2 fully saturated rings. The Balaban J connectivity index is 1.28. The molecule has 2 aromatic rings. The van der Waals surface area contributed by atoms with Gasteiger partial charge in [-0.2, -0.15) is 5.10 Å². The maximum absolute atomic E-state index is 12.7. The maximum Gasteiger partial charge on any atom is 0.225 e. The Morgan fingerprint density at radius 1 is 1.11 bits per heavy atom. The Morgan fingerprint density at radius 3 is 2.61 bits per heavy atom. The molecule has 0 aromatic carbocycles. The second-order valence-corrected chi connectivity index (χ2v) is 8.26. The molecule has 1 saturated heterocycles. The van der Waals surface area contributed by atoms with Crippen LogP contribution in [0.15, 0.2) is 18.5 Å². The van der Waals surface area contributed by atoms with Gasteiger partial charge in [-0.25, -0.2) is 9.97 Å². The van der Waals surface area contributed by atoms with Gasteiger partial charge in [0.1, 0.15) is 12.1 Å². The Morgan fingerprint density at radius 2 is 1.89 bits per heavy atom. The molecule has 1 amide bonds. The molecule has 1 saturated carbocycles. The summed E-state index contributed by atoms with van der Waals surface area (Å²) in [6.45, 7) is 3.75. The summed E-state index contributed by atoms with van der Waals surface area (Å²) >= 11 is 0. The van der Waals surface area contributed by atoms with Crippen molar-refractivity contribution in [1.82, 2.24) is 25.1 Å². The molecule has 2 N–H and O–H groups in total. The highest BCUT2D eigenvalue weighted by molar-refractivity contribution is 5.79. The molecule has 7 nitrogen and oxygen atoms in total. The van der Waals surface area contributed by atoms with Gasteiger partial charge in [-0.1, -0.05) is 19.3 Å². The summed E-state index contributed by atoms with van der Waals surface area (Å²) in [6, 6.07) is 3.95. The van der Waals surface area contributed by atoms with Gasteiger partial charge in [-0.3, -0.25) is 9.89 Å². The summed E-state index contributed by atoms with van der Waals surface area (Å²) in [5.74, 6) is 2.79. The molecule has 4 rings (SSSR count). The van der Waals surface area contributed by atoms with Crippen LogP contribution in [0.25, 0.3) is 0 Å². The predicted octanol–water partition coefficient (Wildman–Crippen LogP) is 3.61. The standard InChI is InChI=1S/C21H30N6O/c1-15-11-20(26-25-15)24-19-13-18(22-14-23-19)12-16-7-9-27(10-8-16)21(28)17-5-3-2-4-6-17/h11,13-14,16-17H,2-10,12H2,1H3,(H2,22,23,24,25,26). The molecule has 2 aliphatic rings. The smallest absolute Gasteiger partial charge is 0.225 e. The molecular weight excluding hydrogens is 352 g/mol. The van der Waals surface area contributed by atoms with Crippen molar-refractivity contribution in [2.75, 3.05) is 18.4 Å². The average molecular weight is 383 g/mol. The Hall–Kier alpha value is -2.44. The van der Waals surface area contributed by atoms with Crippen molar-refractivity contribution in [1.29, 1.82) is 0 Å². The number of H-pyrrole nitrogens is 1. The van der Waals surface area contributed by atoms with Crippen molar-refractivity contribution in [3.63, 3.8) is 0 Å². The van der Waals surface area contributed by atoms with E-state index in [2.05, 4.69) is 30.4 Å². The van der Waals surface area contributed by atoms with E-state index in [0.29, 0.717) is 11.8 Å². The summed E-state index contributed by atoms with van der Waals surface area (Å²) in [6.07, 6.45) is 10.6. The first kappa shape index (κ1) is 18.9. The van der Waals surface area contributed by atoms with Crippen molar-refractivity contribution in [3.05, 3.63) is 29.8 Å². The van der Waals surface area contributed by atoms with Crippen LogP contribution in [0.5, 0.6) is 0 Å². The number of rotatable bonds is 5. The van der Waals surface area contributed by atoms with Crippen LogP contribution in [0.3, 0.4) is 0 Å². The third-order valence-electron chi connectivity index (χ3n) is 6.06. The Labute approximate surface area is 166 Å². The molecule has 0 unspecified atom stereocenters. The minimum Gasteiger partial charge on any atom is -0.342 e. The van der Waals surface area contributed by atoms with Gasteiger partial charge >= 0.3 is 0 Å². The molecule has 7 heteroatoms. The van der Waals surface area contributed by atoms with Gasteiger partial charge in [-0.05, 0) is 44.9 Å². The van der Waals surface area contributed by atoms with Crippen molar-refractivity contribution in [2.45, 2.75) is 58.3 Å². The number of likely N-dealkylation sites (tertiary alicyclic amines) is 1. The van der Waals surface area contributed by atoms with E-state index in [0.717, 1.165) is 68.2 Å². The summed E-state index contributed by atoms with van der Waals surface area (Å²) in [5.41, 5.74) is 2.05. The molecular formula is C21H30N6O. The second-order valence-electron chi connectivity index (χ2n) is 8.26. The molecule has 0 radical (unpaired) electrons. The predicted molar refractivity (Wildman–Crippen MR) is 108 cm³/mol. The monoisotopic (exact) mass is 382 g/mol. The van der Waals surface area contributed by atoms with E-state index in [-0.39, 0.29) is 5.92 Å². The zero-order chi connectivity index (χ0) is 19.3. The average Bonchev–Trinajstić information content (AvgIpc) is 3.13. The topological polar surface area (TPSA) is 86.8 Å². The second kappa shape index (κ2) is 8.71. The van der Waals surface area contributed by atoms with Crippen molar-refractivity contribution >= 4 is 17.5 Å². The van der Waals surface area contributed by atoms with Crippen LogP contribution >= 0.6 is 0 Å². The molecule has 0 spiro atoms. The van der Waals surface area contributed by atoms with E-state index >= 15 is 0 Å². The lowest BCUT2D eigenvalue weighted by Crippen LogP contribution is -2.42. The van der Waals surface area contributed by atoms with Crippen molar-refractivity contribution in [3.8, 4) is 0 Å². The summed E-state index contributed by atoms with van der Waals surface area (Å²) in [7, 11) is 0. The normalized spacial score (nSPS) is 19.0. The minimum absolute atomic E-state index is 0.284. The van der Waals surface area contributed by atoms with Crippen molar-refractivity contribution < 1.29 is 4.79 Å². The van der Waals surface area contributed by atoms with Gasteiger partial charge < -0.3 is 10.2 Å². The number of aromatic amines is 1. The molecule has 150 valence electrons. The molecule has 28 heavy (non-hydrogen) atoms. The lowest BCUT2D eigenvalue weighted by molar-refractivity contribution is -0.138. The van der Waals surface area contributed by atoms with E-state index in [1.54, 1.807) is 6.33 Å². The van der Waals surface area contributed by atoms with Crippen LogP contribution in [0.2, 0.25) is 0 Å². The van der Waals surface area contributed by atoms with E-state index in [9.17, 15) is 4.79 Å². The number of carbonyl (C=O) groups is 1. The fourth-order valence-corrected chi connectivity index (χ4v) is 4.45. The third kappa shape index (κ3) is 4.69. The van der Waals surface area contributed by atoms with Gasteiger partial charge in [0, 0.05) is 42.5 Å². The number of aromatic nitrogens is 4. The van der Waals surface area contributed by atoms with Crippen LogP contribution in [-0.2, 0) is 11.2 Å². The first-order valence-electron chi connectivity index (χ1n) is 10.6. The van der Waals surface area contributed by atoms with Crippen LogP contribution in [0.1, 0.15) is 56.3 Å². The first-order valence-corrected chi connectivity index (χ1v) is 10.6. The molecule has 1 aliphatic carbocycles. The molecule has 1 aliphatic heterocycles. The SMILES string of the molecule is Cc1cc(Nc2cc(CC3CCN(C(=O)C4CCCCC4)CC3)ncn2)n[nH]1. The van der Waals surface area contributed by atoms with Gasteiger partial charge in [0.2, 0.25) is 5.91 Å². The van der Waals surface area contributed by atoms with Gasteiger partial charge in [-0.15, -0.1) is 0 Å². The Bertz CT molecular complexity index is 790. The molecule has 0 bridgehead atoms. The number of hydrogen-bond donors (Lipinski definition) is 2. The van der Waals surface area contributed by atoms with E-state index in [4.69, 9.17) is 0 Å². The number of nitrogens with zero attached hydrogens (tertiary/aromatic N) is 4. The fourth-order valence-electron chi connectivity index (χ4n) is 4.45. The van der Waals surface area contributed by atoms with Crippen molar-refractivity contribution in [2.24, 2.45) is 11.8 Å². The van der Waals surface area contributed by atoms with Crippen LogP contribution < -0.4 is 5.32 Å². The first-order chi connectivity index (χ1) is 13.7. The lowest BCUT2D eigenvalue weighted by atomic mass is 9.86. The number of aryl methyl sites for hydroxylation is 1. The molecule has 0 atom stereocenters. The number of carbonyl (C=O) groups excluding carboxylic acids is 1. The largest absolute Gasteiger partial charge is 0.342 e. The highest BCUT2D eigenvalue weighted by atomic mass is 16.2. The van der Waals surface area contributed by atoms with Crippen LogP contribution in [0.4, 0.5) is 11.6 Å². The number of hydrogen-bond acceptors (Lipinski definition) is 5. The van der Waals surface area contributed by atoms with E-state index < -0.39 is 0 Å². The van der Waals surface area contributed by atoms with Crippen LogP contribution in [0, 0.1) is 18.8 Å². The summed E-state index contributed by atoms with van der Waals surface area (Å²) in [5, 5.41) is 10.3. The number of piperidine rings is 1. The fraction of sp³-hybridized carbons (Fsp3) is 0.619. The highest BCUT2D eigenvalue weighted by Crippen LogP contribution is 2.28.